The number of carbonyl (C=O) groups excluding carboxylic acids is 1. The summed E-state index contributed by atoms with van der Waals surface area (Å²) in [7, 11) is 0. The van der Waals surface area contributed by atoms with E-state index in [0.29, 0.717) is 10.9 Å². The van der Waals surface area contributed by atoms with Gasteiger partial charge in [-0.2, -0.15) is 0 Å². The first kappa shape index (κ1) is 19.6. The standard InChI is InChI=1S/C21H13F2N3O3S/c1-10-6-7-12(18(23)17(10)22)13-9-30-20(16(13)21(28)29)24-19(27)15-8-11-4-2-3-5-14(11)25-26-15/h2-9H,1H3,(H,24,27)(H,28,29). The van der Waals surface area contributed by atoms with Gasteiger partial charge in [0.1, 0.15) is 10.6 Å². The van der Waals surface area contributed by atoms with Crippen LogP contribution in [0.1, 0.15) is 26.4 Å². The lowest BCUT2D eigenvalue weighted by Crippen LogP contribution is -2.15. The average molecular weight is 425 g/mol. The molecule has 2 N–H and O–H groups in total. The van der Waals surface area contributed by atoms with Gasteiger partial charge >= 0.3 is 5.97 Å². The van der Waals surface area contributed by atoms with Gasteiger partial charge < -0.3 is 10.4 Å². The fourth-order valence-corrected chi connectivity index (χ4v) is 3.92. The molecule has 0 aliphatic rings. The number of anilines is 1. The largest absolute Gasteiger partial charge is 0.478 e. The zero-order valence-electron chi connectivity index (χ0n) is 15.4. The Labute approximate surface area is 172 Å². The Hall–Kier alpha value is -3.72. The molecule has 1 amide bonds. The molecule has 0 unspecified atom stereocenters. The van der Waals surface area contributed by atoms with Crippen LogP contribution in [0.15, 0.2) is 47.8 Å². The van der Waals surface area contributed by atoms with E-state index in [2.05, 4.69) is 15.5 Å². The van der Waals surface area contributed by atoms with Crippen molar-refractivity contribution in [3.05, 3.63) is 76.3 Å². The molecular weight excluding hydrogens is 412 g/mol. The first-order valence-electron chi connectivity index (χ1n) is 8.70. The van der Waals surface area contributed by atoms with E-state index in [4.69, 9.17) is 0 Å². The monoisotopic (exact) mass is 425 g/mol. The van der Waals surface area contributed by atoms with Gasteiger partial charge in [0.15, 0.2) is 17.3 Å². The third-order valence-corrected chi connectivity index (χ3v) is 5.42. The van der Waals surface area contributed by atoms with Gasteiger partial charge in [-0.25, -0.2) is 13.6 Å². The minimum absolute atomic E-state index is 0.00690. The molecule has 4 rings (SSSR count). The second kappa shape index (κ2) is 7.60. The summed E-state index contributed by atoms with van der Waals surface area (Å²) in [5.74, 6) is -4.24. The minimum atomic E-state index is -1.38. The van der Waals surface area contributed by atoms with Crippen molar-refractivity contribution in [3.8, 4) is 11.1 Å². The van der Waals surface area contributed by atoms with Crippen LogP contribution in [0.25, 0.3) is 22.0 Å². The third-order valence-electron chi connectivity index (χ3n) is 4.52. The van der Waals surface area contributed by atoms with Crippen LogP contribution in [-0.4, -0.2) is 27.2 Å². The highest BCUT2D eigenvalue weighted by Gasteiger charge is 2.25. The van der Waals surface area contributed by atoms with E-state index in [1.165, 1.54) is 30.5 Å². The number of carbonyl (C=O) groups is 2. The van der Waals surface area contributed by atoms with Crippen LogP contribution in [0.3, 0.4) is 0 Å². The van der Waals surface area contributed by atoms with Crippen LogP contribution in [0.4, 0.5) is 13.8 Å². The first-order chi connectivity index (χ1) is 14.4. The van der Waals surface area contributed by atoms with E-state index < -0.39 is 23.5 Å². The second-order valence-electron chi connectivity index (χ2n) is 6.46. The fraction of sp³-hybridized carbons (Fsp3) is 0.0476. The molecular formula is C21H13F2N3O3S. The lowest BCUT2D eigenvalue weighted by atomic mass is 10.0. The fourth-order valence-electron chi connectivity index (χ4n) is 2.98. The van der Waals surface area contributed by atoms with E-state index in [-0.39, 0.29) is 32.9 Å². The Bertz CT molecular complexity index is 1320. The summed E-state index contributed by atoms with van der Waals surface area (Å²) in [6.07, 6.45) is 0. The van der Waals surface area contributed by atoms with Gasteiger partial charge in [0.05, 0.1) is 5.52 Å². The van der Waals surface area contributed by atoms with Gasteiger partial charge in [-0.05, 0) is 24.6 Å². The van der Waals surface area contributed by atoms with Gasteiger partial charge in [0.2, 0.25) is 0 Å². The SMILES string of the molecule is Cc1ccc(-c2csc(NC(=O)c3cc4ccccc4nn3)c2C(=O)O)c(F)c1F. The van der Waals surface area contributed by atoms with Crippen molar-refractivity contribution >= 4 is 39.1 Å². The molecule has 150 valence electrons. The van der Waals surface area contributed by atoms with Crippen LogP contribution in [-0.2, 0) is 0 Å². The molecule has 9 heteroatoms. The Balaban J connectivity index is 1.72. The molecule has 30 heavy (non-hydrogen) atoms. The van der Waals surface area contributed by atoms with Crippen LogP contribution in [0.5, 0.6) is 0 Å². The number of fused-ring (bicyclic) bond motifs is 1. The molecule has 6 nitrogen and oxygen atoms in total. The minimum Gasteiger partial charge on any atom is -0.478 e. The number of aromatic carboxylic acids is 1. The zero-order chi connectivity index (χ0) is 21.4. The van der Waals surface area contributed by atoms with Gasteiger partial charge in [0.25, 0.3) is 5.91 Å². The average Bonchev–Trinajstić information content (AvgIpc) is 3.15. The van der Waals surface area contributed by atoms with E-state index in [1.54, 1.807) is 24.3 Å². The van der Waals surface area contributed by atoms with Crippen LogP contribution >= 0.6 is 11.3 Å². The lowest BCUT2D eigenvalue weighted by molar-refractivity contribution is 0.0699. The van der Waals surface area contributed by atoms with Gasteiger partial charge in [-0.1, -0.05) is 30.3 Å². The van der Waals surface area contributed by atoms with Crippen LogP contribution < -0.4 is 5.32 Å². The maximum atomic E-state index is 14.4. The molecule has 0 radical (unpaired) electrons. The van der Waals surface area contributed by atoms with Crippen LogP contribution in [0, 0.1) is 18.6 Å². The lowest BCUT2D eigenvalue weighted by Gasteiger charge is -2.08. The second-order valence-corrected chi connectivity index (χ2v) is 7.34. The highest BCUT2D eigenvalue weighted by molar-refractivity contribution is 7.15. The van der Waals surface area contributed by atoms with Crippen molar-refractivity contribution in [2.45, 2.75) is 6.92 Å². The number of aromatic nitrogens is 2. The molecule has 0 atom stereocenters. The van der Waals surface area contributed by atoms with Crippen molar-refractivity contribution in [1.29, 1.82) is 0 Å². The number of amides is 1. The van der Waals surface area contributed by atoms with Crippen LogP contribution in [0.2, 0.25) is 0 Å². The maximum absolute atomic E-state index is 14.4. The molecule has 2 heterocycles. The Morgan fingerprint density at radius 2 is 1.80 bits per heavy atom. The number of carboxylic acids is 1. The summed E-state index contributed by atoms with van der Waals surface area (Å²) >= 11 is 0.895. The normalized spacial score (nSPS) is 10.9. The van der Waals surface area contributed by atoms with Gasteiger partial charge in [-0.15, -0.1) is 21.5 Å². The number of carboxylic acid groups (broad SMARTS) is 1. The summed E-state index contributed by atoms with van der Waals surface area (Å²) in [5.41, 5.74) is 0.153. The molecule has 0 saturated heterocycles. The smallest absolute Gasteiger partial charge is 0.339 e. The molecule has 0 saturated carbocycles. The number of nitrogens with zero attached hydrogens (tertiary/aromatic N) is 2. The van der Waals surface area contributed by atoms with Crippen molar-refractivity contribution in [2.24, 2.45) is 0 Å². The quantitative estimate of drug-likeness (QED) is 0.485. The number of nitrogens with one attached hydrogen (secondary N) is 1. The van der Waals surface area contributed by atoms with Crippen molar-refractivity contribution in [3.63, 3.8) is 0 Å². The van der Waals surface area contributed by atoms with Crippen molar-refractivity contribution in [1.82, 2.24) is 10.2 Å². The number of benzene rings is 2. The topological polar surface area (TPSA) is 92.2 Å². The van der Waals surface area contributed by atoms with Crippen molar-refractivity contribution < 1.29 is 23.5 Å². The molecule has 4 aromatic rings. The van der Waals surface area contributed by atoms with Gasteiger partial charge in [0, 0.05) is 21.9 Å². The highest BCUT2D eigenvalue weighted by atomic mass is 32.1. The summed E-state index contributed by atoms with van der Waals surface area (Å²) in [4.78, 5) is 24.5. The summed E-state index contributed by atoms with van der Waals surface area (Å²) in [6, 6.07) is 11.3. The van der Waals surface area contributed by atoms with Crippen molar-refractivity contribution in [2.75, 3.05) is 5.32 Å². The molecule has 0 bridgehead atoms. The molecule has 0 aliphatic heterocycles. The molecule has 2 aromatic heterocycles. The third kappa shape index (κ3) is 3.39. The number of halogens is 2. The number of hydrogen-bond acceptors (Lipinski definition) is 5. The number of rotatable bonds is 4. The Morgan fingerprint density at radius 3 is 2.57 bits per heavy atom. The van der Waals surface area contributed by atoms with E-state index in [9.17, 15) is 23.5 Å². The first-order valence-corrected chi connectivity index (χ1v) is 9.58. The van der Waals surface area contributed by atoms with E-state index >= 15 is 0 Å². The Kier molecular flexibility index (Phi) is 4.96. The summed E-state index contributed by atoms with van der Waals surface area (Å²) in [5, 5.41) is 22.0. The molecule has 2 aromatic carbocycles. The molecule has 0 spiro atoms. The van der Waals surface area contributed by atoms with E-state index in [1.807, 2.05) is 0 Å². The maximum Gasteiger partial charge on any atom is 0.339 e. The summed E-state index contributed by atoms with van der Waals surface area (Å²) < 4.78 is 28.4. The number of thiophene rings is 1. The Morgan fingerprint density at radius 1 is 1.03 bits per heavy atom. The summed E-state index contributed by atoms with van der Waals surface area (Å²) in [6.45, 7) is 1.41. The highest BCUT2D eigenvalue weighted by Crippen LogP contribution is 2.38. The zero-order valence-corrected chi connectivity index (χ0v) is 16.3. The molecule has 0 fully saturated rings. The predicted molar refractivity (Wildman–Crippen MR) is 109 cm³/mol. The predicted octanol–water partition coefficient (Wildman–Crippen LogP) is 4.90. The number of aryl methyl sites for hydroxylation is 1. The number of hydrogen-bond donors (Lipinski definition) is 2. The van der Waals surface area contributed by atoms with E-state index in [0.717, 1.165) is 11.3 Å². The van der Waals surface area contributed by atoms with Gasteiger partial charge in [-0.3, -0.25) is 4.79 Å². The molecule has 0 aliphatic carbocycles.